The molecule has 0 aromatic heterocycles. The quantitative estimate of drug-likeness (QED) is 0.524. The van der Waals surface area contributed by atoms with Gasteiger partial charge in [0.25, 0.3) is 10.0 Å². The van der Waals surface area contributed by atoms with Crippen molar-refractivity contribution < 1.29 is 17.9 Å². The second kappa shape index (κ2) is 10.1. The Balaban J connectivity index is 1.91. The second-order valence-electron chi connectivity index (χ2n) is 7.30. The number of rotatable bonds is 8. The molecule has 0 atom stereocenters. The van der Waals surface area contributed by atoms with E-state index in [2.05, 4.69) is 5.32 Å². The number of hydrogen-bond donors (Lipinski definition) is 1. The number of halogens is 1. The molecule has 0 aliphatic carbocycles. The monoisotopic (exact) mass is 472 g/mol. The van der Waals surface area contributed by atoms with Gasteiger partial charge in [0.2, 0.25) is 5.91 Å². The van der Waals surface area contributed by atoms with Crippen LogP contribution in [0.3, 0.4) is 0 Å². The van der Waals surface area contributed by atoms with E-state index in [0.717, 1.165) is 15.4 Å². The van der Waals surface area contributed by atoms with Crippen LogP contribution in [-0.2, 0) is 21.4 Å². The van der Waals surface area contributed by atoms with Gasteiger partial charge in [0.05, 0.1) is 17.7 Å². The van der Waals surface area contributed by atoms with Crippen LogP contribution < -0.4 is 14.4 Å². The Morgan fingerprint density at radius 1 is 1.00 bits per heavy atom. The van der Waals surface area contributed by atoms with Crippen LogP contribution >= 0.6 is 11.6 Å². The van der Waals surface area contributed by atoms with Gasteiger partial charge in [0.1, 0.15) is 12.3 Å². The Morgan fingerprint density at radius 3 is 2.38 bits per heavy atom. The summed E-state index contributed by atoms with van der Waals surface area (Å²) in [6.07, 6.45) is 0. The van der Waals surface area contributed by atoms with E-state index >= 15 is 0 Å². The van der Waals surface area contributed by atoms with Gasteiger partial charge in [-0.1, -0.05) is 53.6 Å². The highest BCUT2D eigenvalue weighted by Gasteiger charge is 2.28. The summed E-state index contributed by atoms with van der Waals surface area (Å²) >= 11 is 6.25. The Morgan fingerprint density at radius 2 is 1.69 bits per heavy atom. The number of hydrogen-bond acceptors (Lipinski definition) is 4. The molecule has 1 N–H and O–H groups in total. The molecule has 0 saturated heterocycles. The average Bonchev–Trinajstić information content (AvgIpc) is 2.78. The number of aryl methyl sites for hydroxylation is 1. The number of methoxy groups -OCH3 is 1. The van der Waals surface area contributed by atoms with Crippen LogP contribution in [0, 0.1) is 13.8 Å². The summed E-state index contributed by atoms with van der Waals surface area (Å²) in [4.78, 5) is 12.9. The number of para-hydroxylation sites is 1. The van der Waals surface area contributed by atoms with Crippen LogP contribution in [0.25, 0.3) is 0 Å². The van der Waals surface area contributed by atoms with Gasteiger partial charge >= 0.3 is 0 Å². The van der Waals surface area contributed by atoms with Gasteiger partial charge < -0.3 is 10.1 Å². The number of benzene rings is 3. The fraction of sp³-hybridized carbons (Fsp3) is 0.208. The van der Waals surface area contributed by atoms with Crippen molar-refractivity contribution >= 4 is 33.2 Å². The lowest BCUT2D eigenvalue weighted by Crippen LogP contribution is -2.41. The summed E-state index contributed by atoms with van der Waals surface area (Å²) in [5.74, 6) is 0.189. The SMILES string of the molecule is COc1ccccc1CNC(=O)CN(c1cccc(Cl)c1C)S(=O)(=O)c1ccc(C)cc1. The van der Waals surface area contributed by atoms with E-state index in [1.807, 2.05) is 25.1 Å². The van der Waals surface area contributed by atoms with E-state index in [0.29, 0.717) is 22.0 Å². The minimum Gasteiger partial charge on any atom is -0.496 e. The maximum atomic E-state index is 13.5. The molecule has 0 spiro atoms. The van der Waals surface area contributed by atoms with E-state index in [4.69, 9.17) is 16.3 Å². The third kappa shape index (κ3) is 5.23. The molecule has 0 unspecified atom stereocenters. The van der Waals surface area contributed by atoms with Crippen LogP contribution in [0.5, 0.6) is 5.75 Å². The zero-order valence-corrected chi connectivity index (χ0v) is 19.7. The molecule has 1 amide bonds. The molecule has 0 radical (unpaired) electrons. The Kier molecular flexibility index (Phi) is 7.43. The zero-order valence-electron chi connectivity index (χ0n) is 18.1. The number of amides is 1. The molecule has 0 bridgehead atoms. The molecule has 32 heavy (non-hydrogen) atoms. The van der Waals surface area contributed by atoms with Gasteiger partial charge in [-0.05, 0) is 49.7 Å². The van der Waals surface area contributed by atoms with E-state index in [1.165, 1.54) is 12.1 Å². The minimum absolute atomic E-state index is 0.0972. The maximum Gasteiger partial charge on any atom is 0.264 e. The zero-order chi connectivity index (χ0) is 23.3. The van der Waals surface area contributed by atoms with Crippen molar-refractivity contribution in [1.29, 1.82) is 0 Å². The van der Waals surface area contributed by atoms with Crippen LogP contribution in [0.2, 0.25) is 5.02 Å². The first-order valence-electron chi connectivity index (χ1n) is 9.97. The van der Waals surface area contributed by atoms with Crippen molar-refractivity contribution in [3.8, 4) is 5.75 Å². The predicted molar refractivity (Wildman–Crippen MR) is 127 cm³/mol. The topological polar surface area (TPSA) is 75.7 Å². The molecular weight excluding hydrogens is 448 g/mol. The third-order valence-electron chi connectivity index (χ3n) is 5.07. The number of anilines is 1. The molecular formula is C24H25ClN2O4S. The lowest BCUT2D eigenvalue weighted by atomic mass is 10.2. The second-order valence-corrected chi connectivity index (χ2v) is 9.57. The molecule has 0 aliphatic rings. The highest BCUT2D eigenvalue weighted by molar-refractivity contribution is 7.92. The molecule has 0 saturated carbocycles. The smallest absolute Gasteiger partial charge is 0.264 e. The minimum atomic E-state index is -4.01. The van der Waals surface area contributed by atoms with Crippen LogP contribution in [0.4, 0.5) is 5.69 Å². The molecule has 3 aromatic carbocycles. The first kappa shape index (κ1) is 23.6. The summed E-state index contributed by atoms with van der Waals surface area (Å²) in [6, 6.07) is 18.8. The number of ether oxygens (including phenoxy) is 1. The number of carbonyl (C=O) groups excluding carboxylic acids is 1. The summed E-state index contributed by atoms with van der Waals surface area (Å²) < 4.78 is 33.4. The maximum absolute atomic E-state index is 13.5. The first-order valence-corrected chi connectivity index (χ1v) is 11.8. The van der Waals surface area contributed by atoms with E-state index in [-0.39, 0.29) is 11.4 Å². The molecule has 0 heterocycles. The Hall–Kier alpha value is -3.03. The lowest BCUT2D eigenvalue weighted by molar-refractivity contribution is -0.119. The largest absolute Gasteiger partial charge is 0.496 e. The van der Waals surface area contributed by atoms with Crippen molar-refractivity contribution in [1.82, 2.24) is 5.32 Å². The van der Waals surface area contributed by atoms with Crippen LogP contribution in [0.1, 0.15) is 16.7 Å². The third-order valence-corrected chi connectivity index (χ3v) is 7.26. The van der Waals surface area contributed by atoms with E-state index in [9.17, 15) is 13.2 Å². The van der Waals surface area contributed by atoms with Crippen molar-refractivity contribution in [3.05, 3.63) is 88.4 Å². The number of nitrogens with zero attached hydrogens (tertiary/aromatic N) is 1. The normalized spacial score (nSPS) is 11.1. The summed E-state index contributed by atoms with van der Waals surface area (Å²) in [6.45, 7) is 3.41. The fourth-order valence-electron chi connectivity index (χ4n) is 3.23. The standard InChI is InChI=1S/C24H25ClN2O4S/c1-17-11-13-20(14-12-17)32(29,30)27(22-9-6-8-21(25)18(22)2)16-24(28)26-15-19-7-4-5-10-23(19)31-3/h4-14H,15-16H2,1-3H3,(H,26,28). The Labute approximate surface area is 193 Å². The van der Waals surface area contributed by atoms with Crippen LogP contribution in [-0.4, -0.2) is 28.0 Å². The summed E-state index contributed by atoms with van der Waals surface area (Å²) in [7, 11) is -2.46. The Bertz CT molecular complexity index is 1210. The highest BCUT2D eigenvalue weighted by atomic mass is 35.5. The number of sulfonamides is 1. The van der Waals surface area contributed by atoms with Gasteiger partial charge in [0, 0.05) is 17.1 Å². The van der Waals surface area contributed by atoms with Gasteiger partial charge in [-0.2, -0.15) is 0 Å². The number of carbonyl (C=O) groups is 1. The van der Waals surface area contributed by atoms with Crippen molar-refractivity contribution in [2.24, 2.45) is 0 Å². The predicted octanol–water partition coefficient (Wildman–Crippen LogP) is 4.48. The molecule has 8 heteroatoms. The fourth-order valence-corrected chi connectivity index (χ4v) is 4.88. The molecule has 0 aliphatic heterocycles. The molecule has 6 nitrogen and oxygen atoms in total. The molecule has 3 aromatic rings. The van der Waals surface area contributed by atoms with Crippen molar-refractivity contribution in [2.45, 2.75) is 25.3 Å². The van der Waals surface area contributed by atoms with E-state index < -0.39 is 22.5 Å². The van der Waals surface area contributed by atoms with Crippen molar-refractivity contribution in [2.75, 3.05) is 18.0 Å². The van der Waals surface area contributed by atoms with Crippen LogP contribution in [0.15, 0.2) is 71.6 Å². The average molecular weight is 473 g/mol. The van der Waals surface area contributed by atoms with Gasteiger partial charge in [-0.25, -0.2) is 8.42 Å². The lowest BCUT2D eigenvalue weighted by Gasteiger charge is -2.26. The highest BCUT2D eigenvalue weighted by Crippen LogP contribution is 2.31. The molecule has 168 valence electrons. The van der Waals surface area contributed by atoms with E-state index in [1.54, 1.807) is 50.4 Å². The van der Waals surface area contributed by atoms with Crippen molar-refractivity contribution in [3.63, 3.8) is 0 Å². The summed E-state index contributed by atoms with van der Waals surface area (Å²) in [5, 5.41) is 3.20. The van der Waals surface area contributed by atoms with Gasteiger partial charge in [-0.15, -0.1) is 0 Å². The van der Waals surface area contributed by atoms with Gasteiger partial charge in [-0.3, -0.25) is 9.10 Å². The first-order chi connectivity index (χ1) is 15.2. The number of nitrogens with one attached hydrogen (secondary N) is 1. The van der Waals surface area contributed by atoms with Gasteiger partial charge in [0.15, 0.2) is 0 Å². The molecule has 3 rings (SSSR count). The summed E-state index contributed by atoms with van der Waals surface area (Å²) in [5.41, 5.74) is 2.65. The molecule has 0 fully saturated rings.